The maximum atomic E-state index is 12.7. The van der Waals surface area contributed by atoms with Crippen LogP contribution in [0.2, 0.25) is 0 Å². The van der Waals surface area contributed by atoms with Crippen molar-refractivity contribution in [3.63, 3.8) is 0 Å². The van der Waals surface area contributed by atoms with Gasteiger partial charge in [0.25, 0.3) is 10.1 Å². The molecule has 1 amide bonds. The molecule has 2 rings (SSSR count). The lowest BCUT2D eigenvalue weighted by Crippen LogP contribution is -2.15. The molecule has 0 radical (unpaired) electrons. The van der Waals surface area contributed by atoms with E-state index in [1.807, 2.05) is 0 Å². The van der Waals surface area contributed by atoms with Crippen LogP contribution in [0.15, 0.2) is 53.4 Å². The number of amides is 1. The van der Waals surface area contributed by atoms with Crippen LogP contribution in [0.4, 0.5) is 5.69 Å². The summed E-state index contributed by atoms with van der Waals surface area (Å²) < 4.78 is 30.6. The third-order valence-corrected chi connectivity index (χ3v) is 6.22. The number of nitrogens with one attached hydrogen (secondary N) is 1. The van der Waals surface area contributed by atoms with Crippen molar-refractivity contribution in [2.24, 2.45) is 0 Å². The van der Waals surface area contributed by atoms with E-state index in [1.165, 1.54) is 44.4 Å². The Morgan fingerprint density at radius 3 is 2.16 bits per heavy atom. The number of carbonyl (C=O) groups excluding carboxylic acids is 2. The fourth-order valence-electron chi connectivity index (χ4n) is 3.22. The number of hydrogen-bond acceptors (Lipinski definition) is 5. The van der Waals surface area contributed by atoms with E-state index in [0.717, 1.165) is 19.3 Å². The van der Waals surface area contributed by atoms with E-state index in [-0.39, 0.29) is 28.5 Å². The highest BCUT2D eigenvalue weighted by Crippen LogP contribution is 2.26. The van der Waals surface area contributed by atoms with Gasteiger partial charge in [-0.05, 0) is 24.6 Å². The van der Waals surface area contributed by atoms with E-state index in [4.69, 9.17) is 4.18 Å². The molecule has 1 N–H and O–H groups in total. The molecule has 7 heteroatoms. The van der Waals surface area contributed by atoms with Gasteiger partial charge in [0.2, 0.25) is 5.91 Å². The number of ketones is 1. The quantitative estimate of drug-likeness (QED) is 0.256. The van der Waals surface area contributed by atoms with Gasteiger partial charge in [-0.15, -0.1) is 0 Å². The topological polar surface area (TPSA) is 89.5 Å². The Hall–Kier alpha value is -2.51. The highest BCUT2D eigenvalue weighted by Gasteiger charge is 2.22. The highest BCUT2D eigenvalue weighted by atomic mass is 32.2. The summed E-state index contributed by atoms with van der Waals surface area (Å²) >= 11 is 0. The Morgan fingerprint density at radius 2 is 1.52 bits per heavy atom. The maximum absolute atomic E-state index is 12.7. The predicted molar refractivity (Wildman–Crippen MR) is 122 cm³/mol. The zero-order chi connectivity index (χ0) is 22.7. The van der Waals surface area contributed by atoms with Crippen molar-refractivity contribution in [2.45, 2.75) is 63.7 Å². The first-order valence-corrected chi connectivity index (χ1v) is 12.2. The molecule has 0 fully saturated rings. The Balaban J connectivity index is 2.09. The third-order valence-electron chi connectivity index (χ3n) is 4.84. The van der Waals surface area contributed by atoms with Crippen molar-refractivity contribution in [1.82, 2.24) is 0 Å². The molecule has 31 heavy (non-hydrogen) atoms. The Kier molecular flexibility index (Phi) is 9.88. The molecule has 0 bridgehead atoms. The molecular weight excluding hydrogens is 414 g/mol. The molecule has 0 aliphatic carbocycles. The molecular formula is C24H31NO5S. The van der Waals surface area contributed by atoms with Gasteiger partial charge in [-0.25, -0.2) is 0 Å². The standard InChI is InChI=1S/C24H31NO5S/c1-3-4-5-6-7-8-12-17-30-31(28,29)23-16-15-21(18-22(23)25-19(2)26)24(27)20-13-10-9-11-14-20/h9-11,13-16,18H,3-8,12,17H2,1-2H3,(H,25,26). The number of anilines is 1. The van der Waals surface area contributed by atoms with Crippen LogP contribution in [-0.2, 0) is 19.1 Å². The summed E-state index contributed by atoms with van der Waals surface area (Å²) in [6.45, 7) is 3.53. The van der Waals surface area contributed by atoms with Gasteiger partial charge in [0.15, 0.2) is 5.78 Å². The van der Waals surface area contributed by atoms with Crippen LogP contribution in [0.3, 0.4) is 0 Å². The summed E-state index contributed by atoms with van der Waals surface area (Å²) in [5.41, 5.74) is 0.789. The van der Waals surface area contributed by atoms with Crippen molar-refractivity contribution in [2.75, 3.05) is 11.9 Å². The largest absolute Gasteiger partial charge is 0.325 e. The van der Waals surface area contributed by atoms with E-state index in [9.17, 15) is 18.0 Å². The van der Waals surface area contributed by atoms with Crippen molar-refractivity contribution >= 4 is 27.5 Å². The molecule has 0 saturated heterocycles. The molecule has 0 aliphatic heterocycles. The summed E-state index contributed by atoms with van der Waals surface area (Å²) in [4.78, 5) is 24.2. The minimum absolute atomic E-state index is 0.0360. The van der Waals surface area contributed by atoms with E-state index in [0.29, 0.717) is 12.0 Å². The summed E-state index contributed by atoms with van der Waals surface area (Å²) in [6.07, 6.45) is 7.35. The highest BCUT2D eigenvalue weighted by molar-refractivity contribution is 7.87. The first-order chi connectivity index (χ1) is 14.8. The van der Waals surface area contributed by atoms with Crippen molar-refractivity contribution in [1.29, 1.82) is 0 Å². The molecule has 0 unspecified atom stereocenters. The Labute approximate surface area is 185 Å². The van der Waals surface area contributed by atoms with E-state index in [1.54, 1.807) is 30.3 Å². The van der Waals surface area contributed by atoms with Crippen LogP contribution < -0.4 is 5.32 Å². The minimum Gasteiger partial charge on any atom is -0.325 e. The van der Waals surface area contributed by atoms with Crippen molar-refractivity contribution < 1.29 is 22.2 Å². The second-order valence-electron chi connectivity index (χ2n) is 7.48. The summed E-state index contributed by atoms with van der Waals surface area (Å²) in [5, 5.41) is 2.51. The maximum Gasteiger partial charge on any atom is 0.299 e. The summed E-state index contributed by atoms with van der Waals surface area (Å²) in [6, 6.07) is 12.8. The monoisotopic (exact) mass is 445 g/mol. The molecule has 2 aromatic rings. The van der Waals surface area contributed by atoms with Crippen LogP contribution in [-0.4, -0.2) is 26.7 Å². The van der Waals surface area contributed by atoms with Gasteiger partial charge in [0.05, 0.1) is 12.3 Å². The summed E-state index contributed by atoms with van der Waals surface area (Å²) in [5.74, 6) is -0.701. The van der Waals surface area contributed by atoms with Gasteiger partial charge >= 0.3 is 0 Å². The number of carbonyl (C=O) groups is 2. The second kappa shape index (κ2) is 12.4. The smallest absolute Gasteiger partial charge is 0.299 e. The first-order valence-electron chi connectivity index (χ1n) is 10.8. The lowest BCUT2D eigenvalue weighted by atomic mass is 10.0. The lowest BCUT2D eigenvalue weighted by Gasteiger charge is -2.13. The van der Waals surface area contributed by atoms with Crippen LogP contribution in [0.25, 0.3) is 0 Å². The number of benzene rings is 2. The lowest BCUT2D eigenvalue weighted by molar-refractivity contribution is -0.114. The van der Waals surface area contributed by atoms with Gasteiger partial charge < -0.3 is 5.32 Å². The third kappa shape index (κ3) is 7.92. The minimum atomic E-state index is -4.07. The van der Waals surface area contributed by atoms with E-state index in [2.05, 4.69) is 12.2 Å². The van der Waals surface area contributed by atoms with Crippen LogP contribution in [0.5, 0.6) is 0 Å². The van der Waals surface area contributed by atoms with Crippen molar-refractivity contribution in [3.8, 4) is 0 Å². The number of hydrogen-bond donors (Lipinski definition) is 1. The first kappa shape index (κ1) is 24.8. The molecule has 0 atom stereocenters. The number of rotatable bonds is 13. The number of unbranched alkanes of at least 4 members (excludes halogenated alkanes) is 6. The molecule has 0 aromatic heterocycles. The fourth-order valence-corrected chi connectivity index (χ4v) is 4.30. The molecule has 0 aliphatic rings. The predicted octanol–water partition coefficient (Wildman–Crippen LogP) is 5.33. The normalized spacial score (nSPS) is 11.3. The average molecular weight is 446 g/mol. The van der Waals surface area contributed by atoms with Gasteiger partial charge in [-0.1, -0.05) is 75.8 Å². The summed E-state index contributed by atoms with van der Waals surface area (Å²) in [7, 11) is -4.07. The molecule has 6 nitrogen and oxygen atoms in total. The van der Waals surface area contributed by atoms with E-state index < -0.39 is 16.0 Å². The Morgan fingerprint density at radius 1 is 0.871 bits per heavy atom. The van der Waals surface area contributed by atoms with Gasteiger partial charge in [-0.3, -0.25) is 13.8 Å². The van der Waals surface area contributed by atoms with Gasteiger partial charge in [0, 0.05) is 18.1 Å². The average Bonchev–Trinajstić information content (AvgIpc) is 2.75. The van der Waals surface area contributed by atoms with Crippen LogP contribution in [0.1, 0.15) is 74.7 Å². The molecule has 0 spiro atoms. The Bertz CT molecular complexity index is 971. The zero-order valence-electron chi connectivity index (χ0n) is 18.2. The SMILES string of the molecule is CCCCCCCCCOS(=O)(=O)c1ccc(C(=O)c2ccccc2)cc1NC(C)=O. The zero-order valence-corrected chi connectivity index (χ0v) is 19.0. The molecule has 168 valence electrons. The fraction of sp³-hybridized carbons (Fsp3) is 0.417. The molecule has 0 saturated carbocycles. The second-order valence-corrected chi connectivity index (χ2v) is 9.07. The molecule has 2 aromatic carbocycles. The van der Waals surface area contributed by atoms with E-state index >= 15 is 0 Å². The van der Waals surface area contributed by atoms with Gasteiger partial charge in [-0.2, -0.15) is 8.42 Å². The van der Waals surface area contributed by atoms with Crippen LogP contribution in [0, 0.1) is 0 Å². The van der Waals surface area contributed by atoms with Crippen molar-refractivity contribution in [3.05, 3.63) is 59.7 Å². The van der Waals surface area contributed by atoms with Gasteiger partial charge in [0.1, 0.15) is 4.90 Å². The molecule has 0 heterocycles. The van der Waals surface area contributed by atoms with Crippen LogP contribution >= 0.6 is 0 Å².